The zero-order chi connectivity index (χ0) is 17.3. The van der Waals surface area contributed by atoms with Crippen molar-refractivity contribution in [3.8, 4) is 0 Å². The molecule has 3 N–H and O–H groups in total. The molecule has 1 aromatic carbocycles. The van der Waals surface area contributed by atoms with Crippen molar-refractivity contribution in [1.29, 1.82) is 0 Å². The van der Waals surface area contributed by atoms with Gasteiger partial charge < -0.3 is 15.7 Å². The molecule has 0 aliphatic rings. The number of guanidine groups is 1. The third-order valence-electron chi connectivity index (χ3n) is 3.53. The fourth-order valence-electron chi connectivity index (χ4n) is 2.10. The third-order valence-corrected chi connectivity index (χ3v) is 3.53. The molecule has 1 aromatic rings. The van der Waals surface area contributed by atoms with Crippen LogP contribution in [0, 0.1) is 0 Å². The van der Waals surface area contributed by atoms with Crippen molar-refractivity contribution >= 4 is 5.96 Å². The lowest BCUT2D eigenvalue weighted by atomic mass is 9.86. The molecule has 23 heavy (non-hydrogen) atoms. The predicted molar refractivity (Wildman–Crippen MR) is 94.7 cm³/mol. The number of benzene rings is 1. The first-order chi connectivity index (χ1) is 10.9. The lowest BCUT2D eigenvalue weighted by Gasteiger charge is -2.20. The number of halogens is 1. The quantitative estimate of drug-likeness (QED) is 0.411. The lowest BCUT2D eigenvalue weighted by molar-refractivity contribution is 0.187. The van der Waals surface area contributed by atoms with Crippen molar-refractivity contribution in [2.24, 2.45) is 4.99 Å². The van der Waals surface area contributed by atoms with Gasteiger partial charge in [0.2, 0.25) is 0 Å². The maximum atomic E-state index is 12.1. The highest BCUT2D eigenvalue weighted by atomic mass is 19.1. The van der Waals surface area contributed by atoms with E-state index in [0.29, 0.717) is 18.9 Å². The average Bonchev–Trinajstić information content (AvgIpc) is 2.51. The summed E-state index contributed by atoms with van der Waals surface area (Å²) in [5, 5.41) is 16.4. The minimum absolute atomic E-state index is 0.0974. The van der Waals surface area contributed by atoms with Crippen LogP contribution in [0.3, 0.4) is 0 Å². The van der Waals surface area contributed by atoms with Gasteiger partial charge in [-0.25, -0.2) is 0 Å². The van der Waals surface area contributed by atoms with Crippen molar-refractivity contribution in [2.75, 3.05) is 26.3 Å². The van der Waals surface area contributed by atoms with Crippen LogP contribution in [0.4, 0.5) is 4.39 Å². The molecule has 0 radical (unpaired) electrons. The topological polar surface area (TPSA) is 56.7 Å². The Morgan fingerprint density at radius 3 is 2.39 bits per heavy atom. The molecule has 0 bridgehead atoms. The molecule has 0 saturated heterocycles. The van der Waals surface area contributed by atoms with Gasteiger partial charge in [0.05, 0.1) is 19.3 Å². The molecule has 0 aromatic heterocycles. The minimum atomic E-state index is -0.652. The third kappa shape index (κ3) is 6.99. The molecule has 0 fully saturated rings. The second-order valence-corrected chi connectivity index (χ2v) is 6.58. The van der Waals surface area contributed by atoms with Gasteiger partial charge in [0.25, 0.3) is 0 Å². The fraction of sp³-hybridized carbons (Fsp3) is 0.611. The number of aliphatic imine (C=N–C) groups is 1. The summed E-state index contributed by atoms with van der Waals surface area (Å²) in [6, 6.07) is 7.99. The molecule has 0 spiro atoms. The van der Waals surface area contributed by atoms with Crippen molar-refractivity contribution < 1.29 is 9.50 Å². The Labute approximate surface area is 139 Å². The van der Waals surface area contributed by atoms with E-state index in [9.17, 15) is 9.50 Å². The van der Waals surface area contributed by atoms with Crippen molar-refractivity contribution in [3.63, 3.8) is 0 Å². The molecular weight excluding hydrogens is 293 g/mol. The summed E-state index contributed by atoms with van der Waals surface area (Å²) >= 11 is 0. The Kier molecular flexibility index (Phi) is 8.03. The number of nitrogens with one attached hydrogen (secondary N) is 2. The van der Waals surface area contributed by atoms with Gasteiger partial charge in [-0.3, -0.25) is 9.38 Å². The standard InChI is InChI=1S/C18H30FN3O/c1-5-20-17(21-12-6-11-19)22-13-16(23)14-7-9-15(10-8-14)18(2,3)4/h7-10,16,23H,5-6,11-13H2,1-4H3,(H2,20,21,22). The molecule has 0 saturated carbocycles. The van der Waals surface area contributed by atoms with Crippen LogP contribution in [-0.4, -0.2) is 37.4 Å². The second kappa shape index (κ2) is 9.50. The highest BCUT2D eigenvalue weighted by molar-refractivity contribution is 5.79. The summed E-state index contributed by atoms with van der Waals surface area (Å²) < 4.78 is 12.1. The summed E-state index contributed by atoms with van der Waals surface area (Å²) in [7, 11) is 0. The number of alkyl halides is 1. The molecule has 1 rings (SSSR count). The van der Waals surface area contributed by atoms with Gasteiger partial charge in [-0.15, -0.1) is 0 Å². The van der Waals surface area contributed by atoms with Gasteiger partial charge in [0, 0.05) is 13.1 Å². The molecule has 0 aliphatic carbocycles. The van der Waals surface area contributed by atoms with Gasteiger partial charge in [-0.05, 0) is 29.9 Å². The smallest absolute Gasteiger partial charge is 0.191 e. The summed E-state index contributed by atoms with van der Waals surface area (Å²) in [4.78, 5) is 4.35. The van der Waals surface area contributed by atoms with E-state index in [4.69, 9.17) is 0 Å². The molecule has 0 amide bonds. The summed E-state index contributed by atoms with van der Waals surface area (Å²) in [5.74, 6) is 0.603. The minimum Gasteiger partial charge on any atom is -0.386 e. The van der Waals surface area contributed by atoms with E-state index in [0.717, 1.165) is 12.1 Å². The SMILES string of the molecule is CCNC(=NCC(O)c1ccc(C(C)(C)C)cc1)NCCCF. The van der Waals surface area contributed by atoms with Gasteiger partial charge in [-0.1, -0.05) is 45.0 Å². The average molecular weight is 323 g/mol. The first kappa shape index (κ1) is 19.4. The van der Waals surface area contributed by atoms with Crippen LogP contribution in [0.15, 0.2) is 29.3 Å². The first-order valence-electron chi connectivity index (χ1n) is 8.25. The summed E-state index contributed by atoms with van der Waals surface area (Å²) in [5.41, 5.74) is 2.18. The van der Waals surface area contributed by atoms with Crippen molar-refractivity contribution in [1.82, 2.24) is 10.6 Å². The molecule has 5 heteroatoms. The Hall–Kier alpha value is -1.62. The van der Waals surface area contributed by atoms with Crippen LogP contribution in [0.2, 0.25) is 0 Å². The monoisotopic (exact) mass is 323 g/mol. The molecule has 0 aliphatic heterocycles. The summed E-state index contributed by atoms with van der Waals surface area (Å²) in [6.07, 6.45) is -0.207. The molecule has 0 heterocycles. The van der Waals surface area contributed by atoms with E-state index in [1.165, 1.54) is 5.56 Å². The van der Waals surface area contributed by atoms with Crippen LogP contribution in [0.5, 0.6) is 0 Å². The maximum absolute atomic E-state index is 12.1. The zero-order valence-corrected chi connectivity index (χ0v) is 14.7. The van der Waals surface area contributed by atoms with Crippen LogP contribution in [0.1, 0.15) is 51.3 Å². The predicted octanol–water partition coefficient (Wildman–Crippen LogP) is 2.93. The number of aliphatic hydroxyl groups excluding tert-OH is 1. The van der Waals surface area contributed by atoms with Crippen LogP contribution in [-0.2, 0) is 5.41 Å². The highest BCUT2D eigenvalue weighted by Crippen LogP contribution is 2.24. The molecule has 4 nitrogen and oxygen atoms in total. The van der Waals surface area contributed by atoms with Gasteiger partial charge >= 0.3 is 0 Å². The van der Waals surface area contributed by atoms with Gasteiger partial charge in [0.1, 0.15) is 0 Å². The van der Waals surface area contributed by atoms with E-state index in [2.05, 4.69) is 36.4 Å². The Morgan fingerprint density at radius 2 is 1.87 bits per heavy atom. The van der Waals surface area contributed by atoms with E-state index in [-0.39, 0.29) is 18.6 Å². The largest absolute Gasteiger partial charge is 0.386 e. The normalized spacial score (nSPS) is 13.7. The Balaban J connectivity index is 2.65. The van der Waals surface area contributed by atoms with E-state index in [1.54, 1.807) is 0 Å². The molecule has 1 atom stereocenters. The number of rotatable bonds is 7. The fourth-order valence-corrected chi connectivity index (χ4v) is 2.10. The lowest BCUT2D eigenvalue weighted by Crippen LogP contribution is -2.38. The Morgan fingerprint density at radius 1 is 1.22 bits per heavy atom. The van der Waals surface area contributed by atoms with Crippen LogP contribution < -0.4 is 10.6 Å². The number of hydrogen-bond donors (Lipinski definition) is 3. The second-order valence-electron chi connectivity index (χ2n) is 6.58. The van der Waals surface area contributed by atoms with Gasteiger partial charge in [0.15, 0.2) is 5.96 Å². The number of nitrogens with zero attached hydrogens (tertiary/aromatic N) is 1. The van der Waals surface area contributed by atoms with E-state index < -0.39 is 6.10 Å². The number of aliphatic hydroxyl groups is 1. The summed E-state index contributed by atoms with van der Waals surface area (Å²) in [6.45, 7) is 9.61. The van der Waals surface area contributed by atoms with Crippen molar-refractivity contribution in [2.45, 2.75) is 45.6 Å². The zero-order valence-electron chi connectivity index (χ0n) is 14.7. The number of hydrogen-bond acceptors (Lipinski definition) is 2. The molecule has 1 unspecified atom stereocenters. The molecule has 130 valence electrons. The van der Waals surface area contributed by atoms with E-state index >= 15 is 0 Å². The first-order valence-corrected chi connectivity index (χ1v) is 8.25. The van der Waals surface area contributed by atoms with Crippen LogP contribution in [0.25, 0.3) is 0 Å². The maximum Gasteiger partial charge on any atom is 0.191 e. The van der Waals surface area contributed by atoms with Gasteiger partial charge in [-0.2, -0.15) is 0 Å². The van der Waals surface area contributed by atoms with Crippen molar-refractivity contribution in [3.05, 3.63) is 35.4 Å². The molecular formula is C18H30FN3O. The highest BCUT2D eigenvalue weighted by Gasteiger charge is 2.14. The van der Waals surface area contributed by atoms with E-state index in [1.807, 2.05) is 31.2 Å². The van der Waals surface area contributed by atoms with Crippen LogP contribution >= 0.6 is 0 Å². The Bertz CT molecular complexity index is 480.